The fourth-order valence-electron chi connectivity index (χ4n) is 4.36. The first-order valence-corrected chi connectivity index (χ1v) is 13.9. The molecule has 0 radical (unpaired) electrons. The van der Waals surface area contributed by atoms with Gasteiger partial charge in [-0.1, -0.05) is 86.6 Å². The molecule has 0 bridgehead atoms. The van der Waals surface area contributed by atoms with Crippen molar-refractivity contribution < 1.29 is 22.8 Å². The molecule has 1 aliphatic heterocycles. The van der Waals surface area contributed by atoms with Crippen molar-refractivity contribution in [3.05, 3.63) is 102 Å². The molecule has 1 N–H and O–H groups in total. The van der Waals surface area contributed by atoms with E-state index in [0.717, 1.165) is 11.1 Å². The summed E-state index contributed by atoms with van der Waals surface area (Å²) in [6, 6.07) is 23.5. The number of benzene rings is 3. The maximum Gasteiger partial charge on any atom is 0.269 e. The van der Waals surface area contributed by atoms with Gasteiger partial charge in [0.2, 0.25) is 11.8 Å². The van der Waals surface area contributed by atoms with E-state index in [0.29, 0.717) is 10.8 Å². The highest BCUT2D eigenvalue weighted by atomic mass is 32.2. The summed E-state index contributed by atoms with van der Waals surface area (Å²) < 4.78 is 26.9. The van der Waals surface area contributed by atoms with Crippen LogP contribution in [0.3, 0.4) is 0 Å². The molecule has 3 aromatic carbocycles. The molecule has 1 aliphatic rings. The van der Waals surface area contributed by atoms with E-state index >= 15 is 0 Å². The first kappa shape index (κ1) is 27.1. The van der Waals surface area contributed by atoms with Crippen LogP contribution in [0.5, 0.6) is 0 Å². The number of fused-ring (bicyclic) bond motifs is 1. The fourth-order valence-corrected chi connectivity index (χ4v) is 5.88. The van der Waals surface area contributed by atoms with Crippen molar-refractivity contribution in [2.24, 2.45) is 5.92 Å². The highest BCUT2D eigenvalue weighted by Gasteiger charge is 2.43. The zero-order chi connectivity index (χ0) is 27.3. The Balaban J connectivity index is 1.69. The molecule has 8 nitrogen and oxygen atoms in total. The molecule has 198 valence electrons. The normalized spacial score (nSPS) is 14.7. The third-order valence-electron chi connectivity index (χ3n) is 6.34. The number of carbonyl (C=O) groups is 3. The summed E-state index contributed by atoms with van der Waals surface area (Å²) in [5.74, 6) is -1.54. The summed E-state index contributed by atoms with van der Waals surface area (Å²) in [5, 5.41) is 2.92. The topological polar surface area (TPSA) is 104 Å². The highest BCUT2D eigenvalue weighted by Crippen LogP contribution is 2.30. The Morgan fingerprint density at radius 2 is 1.45 bits per heavy atom. The van der Waals surface area contributed by atoms with Gasteiger partial charge < -0.3 is 10.2 Å². The molecule has 0 fully saturated rings. The average Bonchev–Trinajstić information content (AvgIpc) is 3.11. The summed E-state index contributed by atoms with van der Waals surface area (Å²) in [6.07, 6.45) is 0.226. The van der Waals surface area contributed by atoms with E-state index in [9.17, 15) is 22.8 Å². The molecule has 0 saturated carbocycles. The van der Waals surface area contributed by atoms with Gasteiger partial charge in [0.1, 0.15) is 17.5 Å². The van der Waals surface area contributed by atoms with Gasteiger partial charge in [0.25, 0.3) is 15.9 Å². The van der Waals surface area contributed by atoms with Gasteiger partial charge in [-0.05, 0) is 29.2 Å². The van der Waals surface area contributed by atoms with Gasteiger partial charge in [-0.3, -0.25) is 14.4 Å². The van der Waals surface area contributed by atoms with E-state index in [2.05, 4.69) is 5.32 Å². The van der Waals surface area contributed by atoms with Crippen molar-refractivity contribution >= 4 is 27.7 Å². The van der Waals surface area contributed by atoms with Crippen molar-refractivity contribution in [3.63, 3.8) is 0 Å². The minimum Gasteiger partial charge on any atom is -0.354 e. The van der Waals surface area contributed by atoms with Crippen molar-refractivity contribution in [1.82, 2.24) is 14.5 Å². The average molecular weight is 534 g/mol. The number of nitrogens with one attached hydrogen (secondary N) is 1. The molecule has 3 aromatic rings. The van der Waals surface area contributed by atoms with E-state index in [1.807, 2.05) is 74.5 Å². The number of nitrogens with zero attached hydrogens (tertiary/aromatic N) is 2. The van der Waals surface area contributed by atoms with Gasteiger partial charge in [-0.25, -0.2) is 12.7 Å². The minimum atomic E-state index is -4.19. The molecule has 1 unspecified atom stereocenters. The maximum absolute atomic E-state index is 13.8. The van der Waals surface area contributed by atoms with Crippen LogP contribution in [0.4, 0.5) is 0 Å². The van der Waals surface area contributed by atoms with Crippen molar-refractivity contribution in [1.29, 1.82) is 0 Å². The maximum atomic E-state index is 13.8. The third-order valence-corrected chi connectivity index (χ3v) is 8.13. The molecule has 1 heterocycles. The van der Waals surface area contributed by atoms with Crippen LogP contribution in [0, 0.1) is 5.92 Å². The van der Waals surface area contributed by atoms with Crippen LogP contribution in [0.15, 0.2) is 89.8 Å². The fraction of sp³-hybridized carbons (Fsp3) is 0.276. The summed E-state index contributed by atoms with van der Waals surface area (Å²) >= 11 is 0. The van der Waals surface area contributed by atoms with E-state index in [4.69, 9.17) is 0 Å². The van der Waals surface area contributed by atoms with E-state index in [-0.39, 0.29) is 35.2 Å². The summed E-state index contributed by atoms with van der Waals surface area (Å²) in [7, 11) is -4.19. The quantitative estimate of drug-likeness (QED) is 0.431. The lowest BCUT2D eigenvalue weighted by atomic mass is 10.0. The van der Waals surface area contributed by atoms with Crippen molar-refractivity contribution in [2.75, 3.05) is 13.1 Å². The van der Waals surface area contributed by atoms with E-state index in [1.165, 1.54) is 23.1 Å². The largest absolute Gasteiger partial charge is 0.354 e. The zero-order valence-corrected chi connectivity index (χ0v) is 22.2. The summed E-state index contributed by atoms with van der Waals surface area (Å²) in [4.78, 5) is 41.6. The van der Waals surface area contributed by atoms with Crippen LogP contribution < -0.4 is 5.32 Å². The molecular weight excluding hydrogens is 502 g/mol. The second-order valence-corrected chi connectivity index (χ2v) is 11.5. The number of sulfonamides is 1. The van der Waals surface area contributed by atoms with Gasteiger partial charge in [-0.2, -0.15) is 0 Å². The Labute approximate surface area is 223 Å². The molecule has 38 heavy (non-hydrogen) atoms. The number of hydrogen-bond donors (Lipinski definition) is 1. The molecule has 4 rings (SSSR count). The van der Waals surface area contributed by atoms with Gasteiger partial charge in [0, 0.05) is 19.5 Å². The van der Waals surface area contributed by atoms with Crippen LogP contribution in [-0.4, -0.2) is 54.5 Å². The smallest absolute Gasteiger partial charge is 0.269 e. The Kier molecular flexibility index (Phi) is 8.26. The lowest BCUT2D eigenvalue weighted by Gasteiger charge is -2.32. The van der Waals surface area contributed by atoms with Gasteiger partial charge in [0.05, 0.1) is 5.56 Å². The third kappa shape index (κ3) is 5.94. The first-order chi connectivity index (χ1) is 18.2. The van der Waals surface area contributed by atoms with Crippen LogP contribution in [0.25, 0.3) is 0 Å². The highest BCUT2D eigenvalue weighted by molar-refractivity contribution is 7.90. The van der Waals surface area contributed by atoms with Crippen molar-refractivity contribution in [2.45, 2.75) is 37.8 Å². The van der Waals surface area contributed by atoms with Gasteiger partial charge in [-0.15, -0.1) is 0 Å². The van der Waals surface area contributed by atoms with E-state index in [1.54, 1.807) is 6.07 Å². The Morgan fingerprint density at radius 3 is 2.05 bits per heavy atom. The monoisotopic (exact) mass is 533 g/mol. The molecule has 1 atom stereocenters. The molecule has 0 saturated heterocycles. The summed E-state index contributed by atoms with van der Waals surface area (Å²) in [6.45, 7) is 3.74. The van der Waals surface area contributed by atoms with E-state index < -0.39 is 34.4 Å². The number of hydrogen-bond acceptors (Lipinski definition) is 5. The Bertz CT molecular complexity index is 1410. The SMILES string of the molecule is CC(C)CNC(=O)C(Cc1ccccc1)N(Cc1ccccc1)C(=O)CN1C(=O)c2ccccc2S1(=O)=O. The van der Waals surface area contributed by atoms with Crippen molar-refractivity contribution in [3.8, 4) is 0 Å². The van der Waals surface area contributed by atoms with Gasteiger partial charge >= 0.3 is 0 Å². The number of amides is 3. The number of carbonyl (C=O) groups excluding carboxylic acids is 3. The predicted molar refractivity (Wildman–Crippen MR) is 143 cm³/mol. The molecular formula is C29H31N3O5S. The van der Waals surface area contributed by atoms with Gasteiger partial charge in [0.15, 0.2) is 0 Å². The molecule has 3 amide bonds. The van der Waals surface area contributed by atoms with Crippen LogP contribution in [0.2, 0.25) is 0 Å². The number of rotatable bonds is 10. The first-order valence-electron chi connectivity index (χ1n) is 12.5. The standard InChI is InChI=1S/C29H31N3O5S/c1-21(2)18-30-28(34)25(17-22-11-5-3-6-12-22)31(19-23-13-7-4-8-14-23)27(33)20-32-29(35)24-15-9-10-16-26(24)38(32,36)37/h3-16,21,25H,17-20H2,1-2H3,(H,30,34). The van der Waals surface area contributed by atoms with Crippen LogP contribution >= 0.6 is 0 Å². The molecule has 9 heteroatoms. The lowest BCUT2D eigenvalue weighted by Crippen LogP contribution is -2.53. The summed E-state index contributed by atoms with van der Waals surface area (Å²) in [5.41, 5.74) is 1.65. The minimum absolute atomic E-state index is 0.0328. The Morgan fingerprint density at radius 1 is 0.868 bits per heavy atom. The zero-order valence-electron chi connectivity index (χ0n) is 21.4. The molecule has 0 aliphatic carbocycles. The molecule has 0 spiro atoms. The van der Waals surface area contributed by atoms with Crippen LogP contribution in [0.1, 0.15) is 35.3 Å². The second-order valence-electron chi connectivity index (χ2n) is 9.66. The second kappa shape index (κ2) is 11.6. The lowest BCUT2D eigenvalue weighted by molar-refractivity contribution is -0.141. The molecule has 0 aromatic heterocycles. The van der Waals surface area contributed by atoms with Crippen LogP contribution in [-0.2, 0) is 32.6 Å². The Hall–Kier alpha value is -3.98. The predicted octanol–water partition coefficient (Wildman–Crippen LogP) is 3.24.